The Kier molecular flexibility index (Phi) is 61.0. The van der Waals surface area contributed by atoms with Gasteiger partial charge in [0.15, 0.2) is 0 Å². The average molecular weight is 1030 g/mol. The molecule has 0 radical (unpaired) electrons. The predicted molar refractivity (Wildman–Crippen MR) is 319 cm³/mol. The number of nitrogens with one attached hydrogen (secondary N) is 1. The van der Waals surface area contributed by atoms with Crippen molar-refractivity contribution >= 4 is 11.9 Å². The Balaban J connectivity index is 3.44. The minimum atomic E-state index is -0.848. The Labute approximate surface area is 455 Å². The van der Waals surface area contributed by atoms with Gasteiger partial charge in [0, 0.05) is 12.8 Å². The number of aliphatic hydroxyl groups is 2. The molecule has 0 aliphatic carbocycles. The molecular weight excluding hydrogens is 899 g/mol. The molecule has 2 atom stereocenters. The molecule has 1 amide bonds. The molecule has 0 spiro atoms. The summed E-state index contributed by atoms with van der Waals surface area (Å²) in [6, 6.07) is -0.632. The molecular formula is C67H127NO5. The number of ether oxygens (including phenoxy) is 1. The average Bonchev–Trinajstić information content (AvgIpc) is 3.39. The van der Waals surface area contributed by atoms with Crippen LogP contribution >= 0.6 is 0 Å². The van der Waals surface area contributed by atoms with Gasteiger partial charge in [0.1, 0.15) is 0 Å². The maximum Gasteiger partial charge on any atom is 0.305 e. The summed E-state index contributed by atoms with van der Waals surface area (Å²) in [7, 11) is 0. The van der Waals surface area contributed by atoms with Crippen LogP contribution < -0.4 is 5.32 Å². The molecule has 0 aliphatic heterocycles. The van der Waals surface area contributed by atoms with Gasteiger partial charge in [0.25, 0.3) is 0 Å². The van der Waals surface area contributed by atoms with E-state index in [0.29, 0.717) is 19.4 Å². The maximum atomic E-state index is 12.5. The SMILES string of the molecule is CCCC/C=C\CCCCCCCC(=O)OCCCCCCCCCCCCCC/C=C\CCCCCCCCCCC(=O)NC(CO)C(O)/C=C/CCCCCCCCCCCCCCCCCCCCC. The van der Waals surface area contributed by atoms with Crippen molar-refractivity contribution in [2.45, 2.75) is 366 Å². The summed E-state index contributed by atoms with van der Waals surface area (Å²) in [5.41, 5.74) is 0. The second-order valence-electron chi connectivity index (χ2n) is 22.4. The highest BCUT2D eigenvalue weighted by molar-refractivity contribution is 5.76. The highest BCUT2D eigenvalue weighted by atomic mass is 16.5. The number of carbonyl (C=O) groups excluding carboxylic acids is 2. The lowest BCUT2D eigenvalue weighted by molar-refractivity contribution is -0.143. The van der Waals surface area contributed by atoms with E-state index < -0.39 is 12.1 Å². The number of unbranched alkanes of at least 4 members (excludes halogenated alkanes) is 46. The van der Waals surface area contributed by atoms with E-state index in [2.05, 4.69) is 43.5 Å². The van der Waals surface area contributed by atoms with Crippen molar-refractivity contribution < 1.29 is 24.5 Å². The fourth-order valence-corrected chi connectivity index (χ4v) is 10.1. The fourth-order valence-electron chi connectivity index (χ4n) is 10.1. The van der Waals surface area contributed by atoms with Crippen molar-refractivity contribution in [2.24, 2.45) is 0 Å². The van der Waals surface area contributed by atoms with Crippen molar-refractivity contribution in [2.75, 3.05) is 13.2 Å². The lowest BCUT2D eigenvalue weighted by atomic mass is 10.0. The molecule has 0 aromatic heterocycles. The smallest absolute Gasteiger partial charge is 0.305 e. The fraction of sp³-hybridized carbons (Fsp3) is 0.881. The number of amides is 1. The molecule has 0 aromatic carbocycles. The lowest BCUT2D eigenvalue weighted by Crippen LogP contribution is -2.45. The van der Waals surface area contributed by atoms with E-state index in [0.717, 1.165) is 44.9 Å². The molecule has 3 N–H and O–H groups in total. The molecule has 0 saturated carbocycles. The van der Waals surface area contributed by atoms with E-state index in [1.807, 2.05) is 6.08 Å². The van der Waals surface area contributed by atoms with Crippen LogP contribution in [0, 0.1) is 0 Å². The summed E-state index contributed by atoms with van der Waals surface area (Å²) in [6.45, 7) is 4.89. The van der Waals surface area contributed by atoms with Crippen LogP contribution in [0.25, 0.3) is 0 Å². The van der Waals surface area contributed by atoms with Crippen molar-refractivity contribution in [3.63, 3.8) is 0 Å². The molecule has 0 rings (SSSR count). The van der Waals surface area contributed by atoms with E-state index in [1.165, 1.54) is 283 Å². The van der Waals surface area contributed by atoms with Gasteiger partial charge in [-0.05, 0) is 77.0 Å². The van der Waals surface area contributed by atoms with Crippen molar-refractivity contribution in [1.82, 2.24) is 5.32 Å². The third-order valence-corrected chi connectivity index (χ3v) is 15.1. The van der Waals surface area contributed by atoms with Gasteiger partial charge < -0.3 is 20.3 Å². The van der Waals surface area contributed by atoms with Gasteiger partial charge in [-0.2, -0.15) is 0 Å². The molecule has 6 heteroatoms. The highest BCUT2D eigenvalue weighted by Crippen LogP contribution is 2.18. The van der Waals surface area contributed by atoms with E-state index in [9.17, 15) is 19.8 Å². The van der Waals surface area contributed by atoms with Gasteiger partial charge in [-0.1, -0.05) is 301 Å². The molecule has 2 unspecified atom stereocenters. The number of rotatable bonds is 61. The molecule has 0 fully saturated rings. The molecule has 0 heterocycles. The van der Waals surface area contributed by atoms with E-state index in [-0.39, 0.29) is 18.5 Å². The third kappa shape index (κ3) is 59.2. The minimum Gasteiger partial charge on any atom is -0.466 e. The molecule has 6 nitrogen and oxygen atoms in total. The van der Waals surface area contributed by atoms with Gasteiger partial charge in [-0.25, -0.2) is 0 Å². The number of hydrogen-bond acceptors (Lipinski definition) is 5. The van der Waals surface area contributed by atoms with Crippen LogP contribution in [0.1, 0.15) is 354 Å². The van der Waals surface area contributed by atoms with Crippen LogP contribution in [-0.2, 0) is 14.3 Å². The van der Waals surface area contributed by atoms with Crippen LogP contribution in [-0.4, -0.2) is 47.4 Å². The quantitative estimate of drug-likeness (QED) is 0.0320. The van der Waals surface area contributed by atoms with Crippen molar-refractivity contribution in [1.29, 1.82) is 0 Å². The van der Waals surface area contributed by atoms with Crippen LogP contribution in [0.5, 0.6) is 0 Å². The first-order chi connectivity index (χ1) is 36.0. The first-order valence-electron chi connectivity index (χ1n) is 32.8. The predicted octanol–water partition coefficient (Wildman–Crippen LogP) is 20.8. The number of hydrogen-bond donors (Lipinski definition) is 3. The Morgan fingerprint density at radius 2 is 0.658 bits per heavy atom. The summed E-state index contributed by atoms with van der Waals surface area (Å²) in [5, 5.41) is 23.2. The summed E-state index contributed by atoms with van der Waals surface area (Å²) in [6.07, 6.45) is 79.1. The zero-order chi connectivity index (χ0) is 52.9. The largest absolute Gasteiger partial charge is 0.466 e. The van der Waals surface area contributed by atoms with Crippen LogP contribution in [0.15, 0.2) is 36.5 Å². The summed E-state index contributed by atoms with van der Waals surface area (Å²) < 4.78 is 5.46. The van der Waals surface area contributed by atoms with E-state index in [4.69, 9.17) is 4.74 Å². The standard InChI is InChI=1S/C67H127NO5/c1-3-5-7-9-11-13-15-16-17-18-19-24-27-30-33-36-40-43-47-51-55-59-65(70)64(63-69)68-66(71)60-56-52-48-44-41-37-34-31-28-25-22-20-21-23-26-29-32-35-38-42-46-50-54-58-62-73-67(72)61-57-53-49-45-39-14-12-10-8-6-4-2/h10,12,22,25,55,59,64-65,69-70H,3-9,11,13-21,23-24,26-54,56-58,60-63H2,1-2H3,(H,68,71)/b12-10-,25-22-,59-55+. The molecule has 0 aliphatic rings. The zero-order valence-electron chi connectivity index (χ0n) is 49.1. The minimum absolute atomic E-state index is 0.00107. The molecule has 430 valence electrons. The number of aliphatic hydroxyl groups excluding tert-OH is 2. The van der Waals surface area contributed by atoms with E-state index >= 15 is 0 Å². The van der Waals surface area contributed by atoms with Gasteiger partial charge in [0.05, 0.1) is 25.4 Å². The van der Waals surface area contributed by atoms with Gasteiger partial charge in [-0.15, -0.1) is 0 Å². The van der Waals surface area contributed by atoms with Crippen LogP contribution in [0.3, 0.4) is 0 Å². The third-order valence-electron chi connectivity index (χ3n) is 15.1. The van der Waals surface area contributed by atoms with Crippen molar-refractivity contribution in [3.05, 3.63) is 36.5 Å². The molecule has 0 saturated heterocycles. The summed E-state index contributed by atoms with van der Waals surface area (Å²) >= 11 is 0. The lowest BCUT2D eigenvalue weighted by Gasteiger charge is -2.20. The summed E-state index contributed by atoms with van der Waals surface area (Å²) in [5.74, 6) is -0.0686. The Hall–Kier alpha value is -1.92. The second kappa shape index (κ2) is 62.6. The molecule has 73 heavy (non-hydrogen) atoms. The monoisotopic (exact) mass is 1030 g/mol. The number of carbonyl (C=O) groups is 2. The topological polar surface area (TPSA) is 95.9 Å². The van der Waals surface area contributed by atoms with Gasteiger partial charge >= 0.3 is 5.97 Å². The first kappa shape index (κ1) is 71.1. The number of esters is 1. The van der Waals surface area contributed by atoms with E-state index in [1.54, 1.807) is 6.08 Å². The first-order valence-corrected chi connectivity index (χ1v) is 32.8. The highest BCUT2D eigenvalue weighted by Gasteiger charge is 2.18. The van der Waals surface area contributed by atoms with Crippen LogP contribution in [0.2, 0.25) is 0 Å². The Morgan fingerprint density at radius 3 is 1.01 bits per heavy atom. The maximum absolute atomic E-state index is 12.5. The zero-order valence-corrected chi connectivity index (χ0v) is 49.1. The second-order valence-corrected chi connectivity index (χ2v) is 22.4. The van der Waals surface area contributed by atoms with Crippen molar-refractivity contribution in [3.8, 4) is 0 Å². The normalized spacial score (nSPS) is 12.8. The molecule has 0 aromatic rings. The molecule has 0 bridgehead atoms. The van der Waals surface area contributed by atoms with Gasteiger partial charge in [-0.3, -0.25) is 9.59 Å². The number of allylic oxidation sites excluding steroid dienone is 5. The Bertz CT molecular complexity index is 1180. The van der Waals surface area contributed by atoms with Gasteiger partial charge in [0.2, 0.25) is 5.91 Å². The van der Waals surface area contributed by atoms with Crippen LogP contribution in [0.4, 0.5) is 0 Å². The summed E-state index contributed by atoms with van der Waals surface area (Å²) in [4.78, 5) is 24.5. The Morgan fingerprint density at radius 1 is 0.370 bits per heavy atom.